The van der Waals surface area contributed by atoms with Gasteiger partial charge in [0.25, 0.3) is 0 Å². The Hall–Kier alpha value is -2.54. The third-order valence-electron chi connectivity index (χ3n) is 4.09. The molecule has 0 aromatic heterocycles. The fraction of sp³-hybridized carbons (Fsp3) is 0.350. The Morgan fingerprint density at radius 1 is 1.11 bits per heavy atom. The largest absolute Gasteiger partial charge is 0.494 e. The zero-order valence-corrected chi connectivity index (χ0v) is 16.8. The normalized spacial score (nSPS) is 11.1. The Bertz CT molecular complexity index is 864. The number of benzene rings is 2. The summed E-state index contributed by atoms with van der Waals surface area (Å²) >= 11 is 0. The molecule has 0 radical (unpaired) electrons. The van der Waals surface area contributed by atoms with E-state index in [0.29, 0.717) is 18.0 Å². The second kappa shape index (κ2) is 9.41. The van der Waals surface area contributed by atoms with Gasteiger partial charge in [0, 0.05) is 6.54 Å². The summed E-state index contributed by atoms with van der Waals surface area (Å²) in [6.07, 6.45) is 1.42. The molecule has 0 unspecified atom stereocenters. The highest BCUT2D eigenvalue weighted by Crippen LogP contribution is 2.21. The van der Waals surface area contributed by atoms with Crippen LogP contribution < -0.4 is 14.4 Å². The molecule has 0 fully saturated rings. The molecule has 0 heterocycles. The van der Waals surface area contributed by atoms with Crippen molar-refractivity contribution in [1.82, 2.24) is 5.32 Å². The molecule has 1 amide bonds. The molecule has 0 bridgehead atoms. The van der Waals surface area contributed by atoms with Gasteiger partial charge in [0.05, 0.1) is 31.5 Å². The Morgan fingerprint density at radius 3 is 2.37 bits per heavy atom. The van der Waals surface area contributed by atoms with E-state index in [9.17, 15) is 13.2 Å². The van der Waals surface area contributed by atoms with Crippen LogP contribution in [0.5, 0.6) is 5.75 Å². The molecule has 2 rings (SSSR count). The Balaban J connectivity index is 1.97. The molecule has 7 heteroatoms. The highest BCUT2D eigenvalue weighted by Gasteiger charge is 2.17. The molecule has 6 nitrogen and oxygen atoms in total. The average molecular weight is 391 g/mol. The minimum atomic E-state index is -3.47. The summed E-state index contributed by atoms with van der Waals surface area (Å²) in [6.45, 7) is 4.77. The van der Waals surface area contributed by atoms with Crippen LogP contribution in [0.3, 0.4) is 0 Å². The highest BCUT2D eigenvalue weighted by molar-refractivity contribution is 7.92. The Morgan fingerprint density at radius 2 is 1.78 bits per heavy atom. The van der Waals surface area contributed by atoms with E-state index in [-0.39, 0.29) is 25.4 Å². The minimum Gasteiger partial charge on any atom is -0.494 e. The first-order chi connectivity index (χ1) is 12.8. The van der Waals surface area contributed by atoms with E-state index in [2.05, 4.69) is 5.32 Å². The molecule has 1 N–H and O–H groups in total. The van der Waals surface area contributed by atoms with Crippen molar-refractivity contribution in [1.29, 1.82) is 0 Å². The maximum Gasteiger partial charge on any atom is 0.232 e. The molecule has 0 aliphatic carbocycles. The van der Waals surface area contributed by atoms with Gasteiger partial charge in [-0.25, -0.2) is 8.42 Å². The van der Waals surface area contributed by atoms with Crippen LogP contribution in [0, 0.1) is 6.92 Å². The number of hydrogen-bond donors (Lipinski definition) is 1. The van der Waals surface area contributed by atoms with E-state index in [1.807, 2.05) is 38.1 Å². The van der Waals surface area contributed by atoms with Crippen LogP contribution >= 0.6 is 0 Å². The van der Waals surface area contributed by atoms with Crippen LogP contribution in [0.4, 0.5) is 5.69 Å². The molecule has 0 spiro atoms. The number of carbonyl (C=O) groups is 1. The predicted octanol–water partition coefficient (Wildman–Crippen LogP) is 2.52. The molecule has 2 aromatic rings. The van der Waals surface area contributed by atoms with Crippen LogP contribution in [-0.4, -0.2) is 40.3 Å². The van der Waals surface area contributed by atoms with Gasteiger partial charge in [0.15, 0.2) is 0 Å². The van der Waals surface area contributed by atoms with Gasteiger partial charge in [0.1, 0.15) is 5.75 Å². The third-order valence-corrected chi connectivity index (χ3v) is 5.28. The average Bonchev–Trinajstić information content (AvgIpc) is 2.61. The number of carbonyl (C=O) groups excluding carboxylic acids is 1. The maximum atomic E-state index is 12.2. The Labute approximate surface area is 161 Å². The van der Waals surface area contributed by atoms with E-state index in [0.717, 1.165) is 17.4 Å². The molecule has 0 aliphatic heterocycles. The van der Waals surface area contributed by atoms with Crippen LogP contribution in [0.1, 0.15) is 18.1 Å². The van der Waals surface area contributed by atoms with Crippen molar-refractivity contribution >= 4 is 21.6 Å². The number of rotatable bonds is 9. The van der Waals surface area contributed by atoms with Crippen molar-refractivity contribution in [2.24, 2.45) is 0 Å². The lowest BCUT2D eigenvalue weighted by atomic mass is 10.1. The number of ether oxygens (including phenoxy) is 1. The number of amides is 1. The summed E-state index contributed by atoms with van der Waals surface area (Å²) in [4.78, 5) is 12.2. The number of nitrogens with zero attached hydrogens (tertiary/aromatic N) is 1. The van der Waals surface area contributed by atoms with Crippen molar-refractivity contribution in [3.8, 4) is 5.75 Å². The lowest BCUT2D eigenvalue weighted by molar-refractivity contribution is -0.120. The summed E-state index contributed by atoms with van der Waals surface area (Å²) < 4.78 is 30.9. The molecule has 2 aromatic carbocycles. The summed E-state index contributed by atoms with van der Waals surface area (Å²) in [5.74, 6) is 0.547. The van der Waals surface area contributed by atoms with Gasteiger partial charge in [-0.15, -0.1) is 0 Å². The van der Waals surface area contributed by atoms with Crippen molar-refractivity contribution in [3.63, 3.8) is 0 Å². The van der Waals surface area contributed by atoms with Gasteiger partial charge in [-0.2, -0.15) is 0 Å². The number of nitrogens with one attached hydrogen (secondary N) is 1. The van der Waals surface area contributed by atoms with Gasteiger partial charge in [-0.3, -0.25) is 9.10 Å². The maximum absolute atomic E-state index is 12.2. The predicted molar refractivity (Wildman–Crippen MR) is 108 cm³/mol. The lowest BCUT2D eigenvalue weighted by Gasteiger charge is -2.23. The fourth-order valence-electron chi connectivity index (χ4n) is 2.70. The first-order valence-electron chi connectivity index (χ1n) is 8.83. The second-order valence-corrected chi connectivity index (χ2v) is 8.12. The fourth-order valence-corrected chi connectivity index (χ4v) is 3.63. The van der Waals surface area contributed by atoms with Crippen molar-refractivity contribution < 1.29 is 17.9 Å². The third kappa shape index (κ3) is 6.29. The zero-order chi connectivity index (χ0) is 19.9. The standard InChI is InChI=1S/C20H26N2O4S/c1-4-26-19-11-9-18(10-12-19)22(27(3,24)25)14-13-21-20(23)15-17-8-6-5-7-16(17)2/h5-12H,4,13-15H2,1-3H3,(H,21,23). The summed E-state index contributed by atoms with van der Waals surface area (Å²) in [6, 6.07) is 14.5. The first kappa shape index (κ1) is 20.8. The van der Waals surface area contributed by atoms with Crippen molar-refractivity contribution in [2.75, 3.05) is 30.3 Å². The van der Waals surface area contributed by atoms with Gasteiger partial charge >= 0.3 is 0 Å². The van der Waals surface area contributed by atoms with Crippen LogP contribution in [0.25, 0.3) is 0 Å². The van der Waals surface area contributed by atoms with Gasteiger partial charge in [0.2, 0.25) is 15.9 Å². The van der Waals surface area contributed by atoms with Gasteiger partial charge < -0.3 is 10.1 Å². The van der Waals surface area contributed by atoms with Crippen LogP contribution in [0.15, 0.2) is 48.5 Å². The topological polar surface area (TPSA) is 75.7 Å². The van der Waals surface area contributed by atoms with E-state index in [1.54, 1.807) is 24.3 Å². The van der Waals surface area contributed by atoms with E-state index >= 15 is 0 Å². The minimum absolute atomic E-state index is 0.135. The lowest BCUT2D eigenvalue weighted by Crippen LogP contribution is -2.38. The molecule has 27 heavy (non-hydrogen) atoms. The summed E-state index contributed by atoms with van der Waals surface area (Å²) in [7, 11) is -3.47. The summed E-state index contributed by atoms with van der Waals surface area (Å²) in [5, 5.41) is 2.79. The first-order valence-corrected chi connectivity index (χ1v) is 10.7. The molecule has 0 saturated heterocycles. The number of sulfonamides is 1. The number of anilines is 1. The number of aryl methyl sites for hydroxylation is 1. The van der Waals surface area contributed by atoms with Crippen LogP contribution in [-0.2, 0) is 21.2 Å². The summed E-state index contributed by atoms with van der Waals surface area (Å²) in [5.41, 5.74) is 2.55. The SMILES string of the molecule is CCOc1ccc(N(CCNC(=O)Cc2ccccc2C)S(C)(=O)=O)cc1. The van der Waals surface area contributed by atoms with E-state index in [1.165, 1.54) is 4.31 Å². The van der Waals surface area contributed by atoms with Crippen LogP contribution in [0.2, 0.25) is 0 Å². The van der Waals surface area contributed by atoms with Gasteiger partial charge in [-0.05, 0) is 49.2 Å². The van der Waals surface area contributed by atoms with E-state index < -0.39 is 10.0 Å². The molecular weight excluding hydrogens is 364 g/mol. The molecule has 0 atom stereocenters. The van der Waals surface area contributed by atoms with Crippen molar-refractivity contribution in [2.45, 2.75) is 20.3 Å². The van der Waals surface area contributed by atoms with Crippen molar-refractivity contribution in [3.05, 3.63) is 59.7 Å². The zero-order valence-electron chi connectivity index (χ0n) is 15.9. The Kier molecular flexibility index (Phi) is 7.24. The molecule has 146 valence electrons. The monoisotopic (exact) mass is 390 g/mol. The quantitative estimate of drug-likeness (QED) is 0.714. The highest BCUT2D eigenvalue weighted by atomic mass is 32.2. The molecule has 0 aliphatic rings. The van der Waals surface area contributed by atoms with E-state index in [4.69, 9.17) is 4.74 Å². The molecule has 0 saturated carbocycles. The van der Waals surface area contributed by atoms with Gasteiger partial charge in [-0.1, -0.05) is 24.3 Å². The molecular formula is C20H26N2O4S. The smallest absolute Gasteiger partial charge is 0.232 e. The number of hydrogen-bond acceptors (Lipinski definition) is 4. The second-order valence-electron chi connectivity index (χ2n) is 6.22.